The van der Waals surface area contributed by atoms with E-state index in [-0.39, 0.29) is 23.1 Å². The molecule has 0 unspecified atom stereocenters. The Kier molecular flexibility index (Phi) is 8.46. The predicted octanol–water partition coefficient (Wildman–Crippen LogP) is 5.87. The number of amides is 1. The molecule has 0 saturated carbocycles. The zero-order valence-electron chi connectivity index (χ0n) is 18.0. The van der Waals surface area contributed by atoms with E-state index in [2.05, 4.69) is 24.4 Å². The largest absolute Gasteiger partial charge is 0.484 e. The molecule has 0 saturated heterocycles. The van der Waals surface area contributed by atoms with Gasteiger partial charge in [0.25, 0.3) is 5.91 Å². The van der Waals surface area contributed by atoms with Crippen molar-refractivity contribution in [1.82, 2.24) is 5.43 Å². The molecule has 1 N–H and O–H groups in total. The van der Waals surface area contributed by atoms with E-state index in [0.29, 0.717) is 28.0 Å². The van der Waals surface area contributed by atoms with Gasteiger partial charge in [-0.05, 0) is 71.6 Å². The van der Waals surface area contributed by atoms with E-state index in [1.807, 2.05) is 24.3 Å². The molecular weight excluding hydrogens is 463 g/mol. The molecule has 33 heavy (non-hydrogen) atoms. The van der Waals surface area contributed by atoms with Crippen molar-refractivity contribution in [3.63, 3.8) is 0 Å². The lowest BCUT2D eigenvalue weighted by molar-refractivity contribution is -0.123. The summed E-state index contributed by atoms with van der Waals surface area (Å²) in [4.78, 5) is 24.2. The number of rotatable bonds is 8. The molecule has 170 valence electrons. The molecule has 3 aromatic rings. The average Bonchev–Trinajstić information content (AvgIpc) is 2.79. The summed E-state index contributed by atoms with van der Waals surface area (Å²) in [5.41, 5.74) is 4.52. The average molecular weight is 485 g/mol. The number of carbonyl (C=O) groups excluding carboxylic acids is 2. The van der Waals surface area contributed by atoms with E-state index in [1.54, 1.807) is 30.3 Å². The summed E-state index contributed by atoms with van der Waals surface area (Å²) in [7, 11) is 0. The van der Waals surface area contributed by atoms with Crippen LogP contribution in [0.1, 0.15) is 41.3 Å². The van der Waals surface area contributed by atoms with E-state index >= 15 is 0 Å². The van der Waals surface area contributed by atoms with Gasteiger partial charge in [-0.1, -0.05) is 49.2 Å². The SMILES string of the molecule is CC(C)c1ccc(OCC(=O)NN=Cc2ccc(OC(=O)c3ccc(Cl)cc3Cl)cc2)cc1. The fourth-order valence-electron chi connectivity index (χ4n) is 2.75. The molecule has 0 aliphatic rings. The molecule has 3 rings (SSSR count). The summed E-state index contributed by atoms with van der Waals surface area (Å²) in [5.74, 6) is 0.404. The van der Waals surface area contributed by atoms with Crippen molar-refractivity contribution in [3.05, 3.63) is 93.5 Å². The number of hydrazone groups is 1. The summed E-state index contributed by atoms with van der Waals surface area (Å²) < 4.78 is 10.8. The summed E-state index contributed by atoms with van der Waals surface area (Å²) >= 11 is 11.9. The maximum Gasteiger partial charge on any atom is 0.345 e. The van der Waals surface area contributed by atoms with Crippen LogP contribution in [0.25, 0.3) is 0 Å². The summed E-state index contributed by atoms with van der Waals surface area (Å²) in [5, 5.41) is 4.55. The number of hydrogen-bond acceptors (Lipinski definition) is 5. The Hall–Kier alpha value is -3.35. The fraction of sp³-hybridized carbons (Fsp3) is 0.160. The maximum atomic E-state index is 12.3. The molecule has 1 amide bonds. The van der Waals surface area contributed by atoms with Crippen molar-refractivity contribution in [2.45, 2.75) is 19.8 Å². The first-order valence-electron chi connectivity index (χ1n) is 10.1. The Morgan fingerprint density at radius 2 is 1.64 bits per heavy atom. The fourth-order valence-corrected chi connectivity index (χ4v) is 3.23. The van der Waals surface area contributed by atoms with Gasteiger partial charge in [0.1, 0.15) is 11.5 Å². The topological polar surface area (TPSA) is 77.0 Å². The van der Waals surface area contributed by atoms with Gasteiger partial charge in [-0.3, -0.25) is 4.79 Å². The highest BCUT2D eigenvalue weighted by Gasteiger charge is 2.13. The second-order valence-electron chi connectivity index (χ2n) is 7.39. The number of nitrogens with zero attached hydrogens (tertiary/aromatic N) is 1. The zero-order valence-corrected chi connectivity index (χ0v) is 19.6. The lowest BCUT2D eigenvalue weighted by Crippen LogP contribution is -2.24. The Labute approximate surface area is 202 Å². The Morgan fingerprint density at radius 1 is 0.970 bits per heavy atom. The van der Waals surface area contributed by atoms with E-state index in [4.69, 9.17) is 32.7 Å². The van der Waals surface area contributed by atoms with Crippen LogP contribution in [0.3, 0.4) is 0 Å². The van der Waals surface area contributed by atoms with Gasteiger partial charge < -0.3 is 9.47 Å². The molecular formula is C25H22Cl2N2O4. The van der Waals surface area contributed by atoms with Crippen LogP contribution < -0.4 is 14.9 Å². The molecule has 0 radical (unpaired) electrons. The number of ether oxygens (including phenoxy) is 2. The van der Waals surface area contributed by atoms with Gasteiger partial charge >= 0.3 is 5.97 Å². The molecule has 0 fully saturated rings. The van der Waals surface area contributed by atoms with Crippen LogP contribution in [0.4, 0.5) is 0 Å². The predicted molar refractivity (Wildman–Crippen MR) is 130 cm³/mol. The second-order valence-corrected chi connectivity index (χ2v) is 8.23. The standard InChI is InChI=1S/C25H22Cl2N2O4/c1-16(2)18-5-10-20(11-6-18)32-15-24(30)29-28-14-17-3-8-21(9-4-17)33-25(31)22-12-7-19(26)13-23(22)27/h3-14,16H,15H2,1-2H3,(H,29,30). The van der Waals surface area contributed by atoms with Gasteiger partial charge in [-0.25, -0.2) is 10.2 Å². The summed E-state index contributed by atoms with van der Waals surface area (Å²) in [6, 6.07) is 18.7. The first kappa shape index (κ1) is 24.3. The minimum atomic E-state index is -0.593. The Morgan fingerprint density at radius 3 is 2.27 bits per heavy atom. The highest BCUT2D eigenvalue weighted by Crippen LogP contribution is 2.23. The molecule has 0 aliphatic heterocycles. The number of esters is 1. The minimum absolute atomic E-state index is 0.152. The van der Waals surface area contributed by atoms with Crippen molar-refractivity contribution >= 4 is 41.3 Å². The molecule has 0 bridgehead atoms. The van der Waals surface area contributed by atoms with Crippen molar-refractivity contribution in [2.75, 3.05) is 6.61 Å². The molecule has 0 aliphatic carbocycles. The van der Waals surface area contributed by atoms with Gasteiger partial charge in [0.05, 0.1) is 16.8 Å². The third-order valence-electron chi connectivity index (χ3n) is 4.56. The van der Waals surface area contributed by atoms with Gasteiger partial charge in [-0.2, -0.15) is 5.10 Å². The summed E-state index contributed by atoms with van der Waals surface area (Å²) in [6.07, 6.45) is 1.47. The van der Waals surface area contributed by atoms with Crippen molar-refractivity contribution in [3.8, 4) is 11.5 Å². The Bertz CT molecular complexity index is 1140. The quantitative estimate of drug-likeness (QED) is 0.188. The smallest absolute Gasteiger partial charge is 0.345 e. The van der Waals surface area contributed by atoms with E-state index < -0.39 is 5.97 Å². The van der Waals surface area contributed by atoms with E-state index in [1.165, 1.54) is 23.9 Å². The van der Waals surface area contributed by atoms with Crippen LogP contribution >= 0.6 is 23.2 Å². The number of hydrogen-bond donors (Lipinski definition) is 1. The monoisotopic (exact) mass is 484 g/mol. The maximum absolute atomic E-state index is 12.3. The van der Waals surface area contributed by atoms with Crippen LogP contribution in [0.2, 0.25) is 10.0 Å². The molecule has 8 heteroatoms. The number of nitrogens with one attached hydrogen (secondary N) is 1. The molecule has 0 spiro atoms. The van der Waals surface area contributed by atoms with Crippen LogP contribution in [-0.2, 0) is 4.79 Å². The third kappa shape index (κ3) is 7.34. The van der Waals surface area contributed by atoms with Crippen molar-refractivity contribution in [1.29, 1.82) is 0 Å². The first-order chi connectivity index (χ1) is 15.8. The van der Waals surface area contributed by atoms with Crippen molar-refractivity contribution < 1.29 is 19.1 Å². The molecule has 6 nitrogen and oxygen atoms in total. The Balaban J connectivity index is 1.46. The zero-order chi connectivity index (χ0) is 23.8. The van der Waals surface area contributed by atoms with Crippen LogP contribution in [0.15, 0.2) is 71.8 Å². The van der Waals surface area contributed by atoms with Crippen LogP contribution in [0.5, 0.6) is 11.5 Å². The normalized spacial score (nSPS) is 10.9. The number of carbonyl (C=O) groups is 2. The van der Waals surface area contributed by atoms with Crippen LogP contribution in [-0.4, -0.2) is 24.7 Å². The molecule has 3 aromatic carbocycles. The van der Waals surface area contributed by atoms with E-state index in [0.717, 1.165) is 0 Å². The lowest BCUT2D eigenvalue weighted by Gasteiger charge is -2.08. The highest BCUT2D eigenvalue weighted by atomic mass is 35.5. The van der Waals surface area contributed by atoms with Gasteiger partial charge in [0.15, 0.2) is 6.61 Å². The number of halogens is 2. The van der Waals surface area contributed by atoms with E-state index in [9.17, 15) is 9.59 Å². The van der Waals surface area contributed by atoms with Crippen LogP contribution in [0, 0.1) is 0 Å². The minimum Gasteiger partial charge on any atom is -0.484 e. The highest BCUT2D eigenvalue weighted by molar-refractivity contribution is 6.36. The van der Waals surface area contributed by atoms with Gasteiger partial charge in [0.2, 0.25) is 0 Å². The van der Waals surface area contributed by atoms with Gasteiger partial charge in [0, 0.05) is 5.02 Å². The van der Waals surface area contributed by atoms with Crippen molar-refractivity contribution in [2.24, 2.45) is 5.10 Å². The molecule has 0 heterocycles. The van der Waals surface area contributed by atoms with Gasteiger partial charge in [-0.15, -0.1) is 0 Å². The summed E-state index contributed by atoms with van der Waals surface area (Å²) in [6.45, 7) is 4.07. The second kappa shape index (κ2) is 11.5. The number of benzene rings is 3. The third-order valence-corrected chi connectivity index (χ3v) is 5.11. The molecule has 0 atom stereocenters. The molecule has 0 aromatic heterocycles. The first-order valence-corrected chi connectivity index (χ1v) is 10.9. The lowest BCUT2D eigenvalue weighted by atomic mass is 10.0.